The van der Waals surface area contributed by atoms with Gasteiger partial charge in [-0.3, -0.25) is 0 Å². The molecular weight excluding hydrogens is 254 g/mol. The normalized spacial score (nSPS) is 18.1. The van der Waals surface area contributed by atoms with Gasteiger partial charge < -0.3 is 9.15 Å². The van der Waals surface area contributed by atoms with Gasteiger partial charge in [0.25, 0.3) is 0 Å². The highest BCUT2D eigenvalue weighted by atomic mass is 16.5. The van der Waals surface area contributed by atoms with Crippen LogP contribution in [0.25, 0.3) is 16.7 Å². The van der Waals surface area contributed by atoms with Crippen LogP contribution in [-0.2, 0) is 4.74 Å². The fourth-order valence-electron chi connectivity index (χ4n) is 2.28. The molecule has 0 saturated heterocycles. The second-order valence-corrected chi connectivity index (χ2v) is 4.93. The third kappa shape index (κ3) is 2.25. The molecule has 3 rings (SSSR count). The predicted octanol–water partition coefficient (Wildman–Crippen LogP) is 3.59. The third-order valence-corrected chi connectivity index (χ3v) is 3.32. The number of aromatic nitrogens is 1. The Hall–Kier alpha value is -2.36. The Morgan fingerprint density at radius 3 is 3.05 bits per heavy atom. The van der Waals surface area contributed by atoms with Gasteiger partial charge >= 0.3 is 5.97 Å². The second-order valence-electron chi connectivity index (χ2n) is 4.93. The highest BCUT2D eigenvalue weighted by Crippen LogP contribution is 2.27. The maximum atomic E-state index is 11.5. The van der Waals surface area contributed by atoms with E-state index in [4.69, 9.17) is 9.15 Å². The number of carbonyl (C=O) groups is 1. The minimum atomic E-state index is -0.373. The summed E-state index contributed by atoms with van der Waals surface area (Å²) < 4.78 is 10.4. The molecule has 0 bridgehead atoms. The quantitative estimate of drug-likeness (QED) is 0.782. The summed E-state index contributed by atoms with van der Waals surface area (Å²) in [7, 11) is 1.36. The molecule has 1 unspecified atom stereocenters. The molecule has 0 amide bonds. The van der Waals surface area contributed by atoms with Crippen molar-refractivity contribution in [2.75, 3.05) is 7.11 Å². The summed E-state index contributed by atoms with van der Waals surface area (Å²) in [6.45, 7) is 2.15. The molecule has 4 nitrogen and oxygen atoms in total. The molecular formula is C16H15NO3. The molecule has 4 heteroatoms. The van der Waals surface area contributed by atoms with E-state index in [1.807, 2.05) is 6.08 Å². The fourth-order valence-corrected chi connectivity index (χ4v) is 2.28. The van der Waals surface area contributed by atoms with E-state index in [-0.39, 0.29) is 5.97 Å². The fraction of sp³-hybridized carbons (Fsp3) is 0.250. The zero-order chi connectivity index (χ0) is 14.1. The zero-order valence-corrected chi connectivity index (χ0v) is 11.4. The monoisotopic (exact) mass is 269 g/mol. The van der Waals surface area contributed by atoms with Crippen molar-refractivity contribution in [1.29, 1.82) is 0 Å². The Labute approximate surface area is 116 Å². The number of nitrogens with zero attached hydrogens (tertiary/aromatic N) is 1. The lowest BCUT2D eigenvalue weighted by Gasteiger charge is -2.08. The molecule has 102 valence electrons. The number of ether oxygens (including phenoxy) is 1. The Kier molecular flexibility index (Phi) is 3.14. The molecule has 1 aromatic carbocycles. The largest absolute Gasteiger partial charge is 0.465 e. The van der Waals surface area contributed by atoms with Gasteiger partial charge in [0.15, 0.2) is 5.58 Å². The van der Waals surface area contributed by atoms with E-state index in [1.54, 1.807) is 18.2 Å². The number of esters is 1. The minimum Gasteiger partial charge on any atom is -0.465 e. The number of allylic oxidation sites excluding steroid dienone is 4. The van der Waals surface area contributed by atoms with Crippen LogP contribution in [0.15, 0.2) is 40.8 Å². The van der Waals surface area contributed by atoms with E-state index in [2.05, 4.69) is 24.1 Å². The van der Waals surface area contributed by atoms with Crippen LogP contribution in [0.2, 0.25) is 0 Å². The number of hydrogen-bond donors (Lipinski definition) is 0. The van der Waals surface area contributed by atoms with Crippen LogP contribution in [-0.4, -0.2) is 18.1 Å². The van der Waals surface area contributed by atoms with Gasteiger partial charge in [-0.05, 0) is 30.5 Å². The lowest BCUT2D eigenvalue weighted by Crippen LogP contribution is -2.00. The van der Waals surface area contributed by atoms with Gasteiger partial charge in [0.05, 0.1) is 12.7 Å². The van der Waals surface area contributed by atoms with Crippen LogP contribution in [0.3, 0.4) is 0 Å². The summed E-state index contributed by atoms with van der Waals surface area (Å²) in [6.07, 6.45) is 7.32. The van der Waals surface area contributed by atoms with Crippen LogP contribution >= 0.6 is 0 Å². The Morgan fingerprint density at radius 1 is 1.45 bits per heavy atom. The SMILES string of the molecule is COC(=O)c1ccc2oc(C3=CC(C)CC=C3)nc2c1. The van der Waals surface area contributed by atoms with E-state index in [1.165, 1.54) is 7.11 Å². The predicted molar refractivity (Wildman–Crippen MR) is 76.2 cm³/mol. The third-order valence-electron chi connectivity index (χ3n) is 3.32. The Bertz CT molecular complexity index is 724. The van der Waals surface area contributed by atoms with Gasteiger partial charge in [-0.2, -0.15) is 0 Å². The van der Waals surface area contributed by atoms with Crippen molar-refractivity contribution < 1.29 is 13.9 Å². The van der Waals surface area contributed by atoms with Crippen LogP contribution < -0.4 is 0 Å². The first-order valence-corrected chi connectivity index (χ1v) is 6.55. The van der Waals surface area contributed by atoms with Crippen molar-refractivity contribution in [2.24, 2.45) is 5.92 Å². The van der Waals surface area contributed by atoms with Crippen molar-refractivity contribution in [2.45, 2.75) is 13.3 Å². The van der Waals surface area contributed by atoms with Gasteiger partial charge in [-0.15, -0.1) is 0 Å². The van der Waals surface area contributed by atoms with Crippen molar-refractivity contribution in [3.8, 4) is 0 Å². The smallest absolute Gasteiger partial charge is 0.337 e. The van der Waals surface area contributed by atoms with Gasteiger partial charge in [-0.25, -0.2) is 9.78 Å². The summed E-state index contributed by atoms with van der Waals surface area (Å²) >= 11 is 0. The summed E-state index contributed by atoms with van der Waals surface area (Å²) in [6, 6.07) is 5.11. The molecule has 0 spiro atoms. The van der Waals surface area contributed by atoms with Crippen molar-refractivity contribution in [3.05, 3.63) is 47.9 Å². The molecule has 1 atom stereocenters. The minimum absolute atomic E-state index is 0.373. The van der Waals surface area contributed by atoms with Crippen molar-refractivity contribution in [3.63, 3.8) is 0 Å². The molecule has 20 heavy (non-hydrogen) atoms. The second kappa shape index (κ2) is 4.96. The van der Waals surface area contributed by atoms with E-state index in [0.29, 0.717) is 28.5 Å². The average Bonchev–Trinajstić information content (AvgIpc) is 2.89. The van der Waals surface area contributed by atoms with Gasteiger partial charge in [0, 0.05) is 5.57 Å². The van der Waals surface area contributed by atoms with E-state index in [0.717, 1.165) is 12.0 Å². The van der Waals surface area contributed by atoms with Crippen LogP contribution in [0, 0.1) is 5.92 Å². The molecule has 0 radical (unpaired) electrons. The molecule has 0 saturated carbocycles. The number of oxazole rings is 1. The van der Waals surface area contributed by atoms with Gasteiger partial charge in [0.1, 0.15) is 5.52 Å². The number of carbonyl (C=O) groups excluding carboxylic acids is 1. The first-order chi connectivity index (χ1) is 9.67. The highest BCUT2D eigenvalue weighted by Gasteiger charge is 2.14. The topological polar surface area (TPSA) is 52.3 Å². The van der Waals surface area contributed by atoms with Gasteiger partial charge in [-0.1, -0.05) is 25.2 Å². The maximum absolute atomic E-state index is 11.5. The Balaban J connectivity index is 2.03. The lowest BCUT2D eigenvalue weighted by atomic mass is 9.98. The van der Waals surface area contributed by atoms with Crippen LogP contribution in [0.1, 0.15) is 29.6 Å². The average molecular weight is 269 g/mol. The number of methoxy groups -OCH3 is 1. The van der Waals surface area contributed by atoms with Gasteiger partial charge in [0.2, 0.25) is 5.89 Å². The molecule has 2 aromatic rings. The van der Waals surface area contributed by atoms with E-state index in [9.17, 15) is 4.79 Å². The Morgan fingerprint density at radius 2 is 2.30 bits per heavy atom. The molecule has 1 aliphatic rings. The van der Waals surface area contributed by atoms with Crippen molar-refractivity contribution in [1.82, 2.24) is 4.98 Å². The summed E-state index contributed by atoms with van der Waals surface area (Å²) in [5.41, 5.74) is 2.79. The molecule has 1 aromatic heterocycles. The standard InChI is InChI=1S/C16H15NO3/c1-10-4-3-5-11(8-10)15-17-13-9-12(16(18)19-2)6-7-14(13)20-15/h3,5-10H,4H2,1-2H3. The zero-order valence-electron chi connectivity index (χ0n) is 11.4. The molecule has 1 heterocycles. The summed E-state index contributed by atoms with van der Waals surface area (Å²) in [4.78, 5) is 16.0. The summed E-state index contributed by atoms with van der Waals surface area (Å²) in [5.74, 6) is 0.697. The number of fused-ring (bicyclic) bond motifs is 1. The van der Waals surface area contributed by atoms with Crippen LogP contribution in [0.5, 0.6) is 0 Å². The van der Waals surface area contributed by atoms with Crippen LogP contribution in [0.4, 0.5) is 0 Å². The summed E-state index contributed by atoms with van der Waals surface area (Å²) in [5, 5.41) is 0. The first-order valence-electron chi connectivity index (χ1n) is 6.55. The molecule has 0 fully saturated rings. The molecule has 0 aliphatic heterocycles. The molecule has 0 N–H and O–H groups in total. The molecule has 1 aliphatic carbocycles. The number of benzene rings is 1. The van der Waals surface area contributed by atoms with E-state index < -0.39 is 0 Å². The first kappa shape index (κ1) is 12.7. The highest BCUT2D eigenvalue weighted by molar-refractivity contribution is 5.93. The lowest BCUT2D eigenvalue weighted by molar-refractivity contribution is 0.0601. The number of rotatable bonds is 2. The van der Waals surface area contributed by atoms with E-state index >= 15 is 0 Å². The number of hydrogen-bond acceptors (Lipinski definition) is 4. The van der Waals surface area contributed by atoms with Crippen molar-refractivity contribution >= 4 is 22.6 Å². The maximum Gasteiger partial charge on any atom is 0.337 e.